The molecule has 1 rings (SSSR count). The standard InChI is InChI=1S/C13H12O4/c1-17-13(16)7-3-5-10-4-2-6-11(8-10)9-12(14)15/h2,4,6,8H,7,9H2,1H3,(H,14,15). The van der Waals surface area contributed by atoms with Crippen LogP contribution in [0.25, 0.3) is 0 Å². The smallest absolute Gasteiger partial charge is 0.317 e. The highest BCUT2D eigenvalue weighted by Gasteiger charge is 2.00. The summed E-state index contributed by atoms with van der Waals surface area (Å²) in [5.41, 5.74) is 1.37. The van der Waals surface area contributed by atoms with Crippen molar-refractivity contribution >= 4 is 11.9 Å². The second kappa shape index (κ2) is 6.33. The lowest BCUT2D eigenvalue weighted by molar-refractivity contribution is -0.139. The van der Waals surface area contributed by atoms with Crippen LogP contribution in [0.2, 0.25) is 0 Å². The first-order valence-electron chi connectivity index (χ1n) is 4.98. The third-order valence-electron chi connectivity index (χ3n) is 1.98. The van der Waals surface area contributed by atoms with Gasteiger partial charge in [0.25, 0.3) is 0 Å². The Balaban J connectivity index is 2.71. The normalized spacial score (nSPS) is 9.00. The van der Waals surface area contributed by atoms with Gasteiger partial charge in [-0.05, 0) is 17.7 Å². The Morgan fingerprint density at radius 1 is 1.41 bits per heavy atom. The third-order valence-corrected chi connectivity index (χ3v) is 1.98. The minimum absolute atomic E-state index is 0.0274. The average molecular weight is 232 g/mol. The van der Waals surface area contributed by atoms with Crippen LogP contribution >= 0.6 is 0 Å². The Bertz CT molecular complexity index is 480. The minimum Gasteiger partial charge on any atom is -0.481 e. The Morgan fingerprint density at radius 2 is 2.18 bits per heavy atom. The van der Waals surface area contributed by atoms with Crippen LogP contribution in [0, 0.1) is 11.8 Å². The van der Waals surface area contributed by atoms with Gasteiger partial charge in [0.05, 0.1) is 13.5 Å². The molecule has 17 heavy (non-hydrogen) atoms. The Hall–Kier alpha value is -2.28. The van der Waals surface area contributed by atoms with Crippen LogP contribution < -0.4 is 0 Å². The molecule has 0 atom stereocenters. The SMILES string of the molecule is COC(=O)CC#Cc1cccc(CC(=O)O)c1. The molecule has 4 heteroatoms. The number of aliphatic carboxylic acids is 1. The van der Waals surface area contributed by atoms with Crippen LogP contribution in [0.3, 0.4) is 0 Å². The highest BCUT2D eigenvalue weighted by atomic mass is 16.5. The van der Waals surface area contributed by atoms with Crippen molar-refractivity contribution in [2.75, 3.05) is 7.11 Å². The number of carbonyl (C=O) groups is 2. The van der Waals surface area contributed by atoms with E-state index in [0.717, 1.165) is 0 Å². The van der Waals surface area contributed by atoms with Gasteiger partial charge in [0.1, 0.15) is 6.42 Å². The van der Waals surface area contributed by atoms with Crippen molar-refractivity contribution in [1.29, 1.82) is 0 Å². The molecule has 0 fully saturated rings. The van der Waals surface area contributed by atoms with Crippen LogP contribution in [-0.2, 0) is 20.7 Å². The van der Waals surface area contributed by atoms with E-state index in [0.29, 0.717) is 11.1 Å². The lowest BCUT2D eigenvalue weighted by Crippen LogP contribution is -2.00. The van der Waals surface area contributed by atoms with E-state index in [1.807, 2.05) is 0 Å². The van der Waals surface area contributed by atoms with E-state index in [-0.39, 0.29) is 18.8 Å². The van der Waals surface area contributed by atoms with Gasteiger partial charge < -0.3 is 9.84 Å². The van der Waals surface area contributed by atoms with E-state index in [1.165, 1.54) is 7.11 Å². The van der Waals surface area contributed by atoms with Gasteiger partial charge in [-0.1, -0.05) is 24.0 Å². The maximum absolute atomic E-state index is 10.8. The molecule has 0 aliphatic carbocycles. The first-order valence-corrected chi connectivity index (χ1v) is 4.98. The van der Waals surface area contributed by atoms with Gasteiger partial charge in [0.2, 0.25) is 0 Å². The van der Waals surface area contributed by atoms with Crippen LogP contribution in [-0.4, -0.2) is 24.2 Å². The predicted molar refractivity (Wildman–Crippen MR) is 61.3 cm³/mol. The molecule has 1 N–H and O–H groups in total. The van der Waals surface area contributed by atoms with Crippen molar-refractivity contribution in [2.45, 2.75) is 12.8 Å². The summed E-state index contributed by atoms with van der Waals surface area (Å²) in [5, 5.41) is 8.64. The van der Waals surface area contributed by atoms with Crippen molar-refractivity contribution in [2.24, 2.45) is 0 Å². The number of carbonyl (C=O) groups excluding carboxylic acids is 1. The van der Waals surface area contributed by atoms with Gasteiger partial charge in [-0.15, -0.1) is 0 Å². The summed E-state index contributed by atoms with van der Waals surface area (Å²) in [4.78, 5) is 21.3. The number of benzene rings is 1. The molecule has 0 heterocycles. The predicted octanol–water partition coefficient (Wildman–Crippen LogP) is 1.23. The number of carboxylic acids is 1. The molecule has 0 saturated carbocycles. The highest BCUT2D eigenvalue weighted by Crippen LogP contribution is 2.05. The molecule has 1 aromatic rings. The zero-order chi connectivity index (χ0) is 12.7. The number of ether oxygens (including phenoxy) is 1. The molecule has 0 aromatic heterocycles. The van der Waals surface area contributed by atoms with Crippen LogP contribution in [0.1, 0.15) is 17.5 Å². The van der Waals surface area contributed by atoms with E-state index in [9.17, 15) is 9.59 Å². The fourth-order valence-corrected chi connectivity index (χ4v) is 1.22. The highest BCUT2D eigenvalue weighted by molar-refractivity contribution is 5.72. The Kier molecular flexibility index (Phi) is 4.77. The molecular weight excluding hydrogens is 220 g/mol. The fourth-order valence-electron chi connectivity index (χ4n) is 1.22. The van der Waals surface area contributed by atoms with Gasteiger partial charge in [0, 0.05) is 5.56 Å². The van der Waals surface area contributed by atoms with Crippen LogP contribution in [0.15, 0.2) is 24.3 Å². The summed E-state index contributed by atoms with van der Waals surface area (Å²) in [5.74, 6) is 4.17. The molecule has 0 unspecified atom stereocenters. The number of esters is 1. The van der Waals surface area contributed by atoms with Gasteiger partial charge in [-0.3, -0.25) is 9.59 Å². The lowest BCUT2D eigenvalue weighted by Gasteiger charge is -1.97. The van der Waals surface area contributed by atoms with E-state index in [2.05, 4.69) is 16.6 Å². The van der Waals surface area contributed by atoms with Crippen molar-refractivity contribution in [3.8, 4) is 11.8 Å². The minimum atomic E-state index is -0.885. The maximum atomic E-state index is 10.8. The monoisotopic (exact) mass is 232 g/mol. The number of rotatable bonds is 3. The van der Waals surface area contributed by atoms with Gasteiger partial charge >= 0.3 is 11.9 Å². The third kappa shape index (κ3) is 4.85. The van der Waals surface area contributed by atoms with Gasteiger partial charge in [-0.25, -0.2) is 0 Å². The van der Waals surface area contributed by atoms with E-state index in [4.69, 9.17) is 5.11 Å². The summed E-state index contributed by atoms with van der Waals surface area (Å²) >= 11 is 0. The maximum Gasteiger partial charge on any atom is 0.317 e. The van der Waals surface area contributed by atoms with E-state index >= 15 is 0 Å². The topological polar surface area (TPSA) is 63.6 Å². The molecule has 88 valence electrons. The second-order valence-corrected chi connectivity index (χ2v) is 3.33. The fraction of sp³-hybridized carbons (Fsp3) is 0.231. The number of hydrogen-bond donors (Lipinski definition) is 1. The van der Waals surface area contributed by atoms with Gasteiger partial charge in [-0.2, -0.15) is 0 Å². The summed E-state index contributed by atoms with van der Waals surface area (Å²) in [6.07, 6.45) is -0.00776. The molecular formula is C13H12O4. The molecule has 0 aliphatic rings. The van der Waals surface area contributed by atoms with Crippen LogP contribution in [0.5, 0.6) is 0 Å². The molecule has 0 radical (unpaired) electrons. The quantitative estimate of drug-likeness (QED) is 0.628. The number of methoxy groups -OCH3 is 1. The van der Waals surface area contributed by atoms with Crippen molar-refractivity contribution in [1.82, 2.24) is 0 Å². The molecule has 0 bridgehead atoms. The molecule has 0 spiro atoms. The zero-order valence-electron chi connectivity index (χ0n) is 9.40. The van der Waals surface area contributed by atoms with E-state index < -0.39 is 5.97 Å². The summed E-state index contributed by atoms with van der Waals surface area (Å²) in [6, 6.07) is 6.91. The van der Waals surface area contributed by atoms with Crippen molar-refractivity contribution in [3.05, 3.63) is 35.4 Å². The molecule has 1 aromatic carbocycles. The van der Waals surface area contributed by atoms with Crippen LogP contribution in [0.4, 0.5) is 0 Å². The first kappa shape index (κ1) is 12.8. The van der Waals surface area contributed by atoms with E-state index in [1.54, 1.807) is 24.3 Å². The van der Waals surface area contributed by atoms with Crippen molar-refractivity contribution in [3.63, 3.8) is 0 Å². The molecule has 4 nitrogen and oxygen atoms in total. The second-order valence-electron chi connectivity index (χ2n) is 3.33. The first-order chi connectivity index (χ1) is 8.11. The number of hydrogen-bond acceptors (Lipinski definition) is 3. The Morgan fingerprint density at radius 3 is 2.82 bits per heavy atom. The molecule has 0 amide bonds. The number of carboxylic acid groups (broad SMARTS) is 1. The van der Waals surface area contributed by atoms with Gasteiger partial charge in [0.15, 0.2) is 0 Å². The molecule has 0 saturated heterocycles. The molecule has 0 aliphatic heterocycles. The summed E-state index contributed by atoms with van der Waals surface area (Å²) in [6.45, 7) is 0. The summed E-state index contributed by atoms with van der Waals surface area (Å²) < 4.78 is 4.45. The largest absolute Gasteiger partial charge is 0.481 e. The zero-order valence-corrected chi connectivity index (χ0v) is 9.40. The van der Waals surface area contributed by atoms with Crippen molar-refractivity contribution < 1.29 is 19.4 Å². The summed E-state index contributed by atoms with van der Waals surface area (Å²) in [7, 11) is 1.30. The lowest BCUT2D eigenvalue weighted by atomic mass is 10.1. The Labute approximate surface area is 99.2 Å². The average Bonchev–Trinajstić information content (AvgIpc) is 2.28.